The van der Waals surface area contributed by atoms with E-state index in [2.05, 4.69) is 5.16 Å². The van der Waals surface area contributed by atoms with Crippen molar-refractivity contribution >= 4 is 17.4 Å². The van der Waals surface area contributed by atoms with Crippen LogP contribution in [0, 0.1) is 5.82 Å². The number of hydrogen-bond donors (Lipinski definition) is 1. The molecule has 0 amide bonds. The summed E-state index contributed by atoms with van der Waals surface area (Å²) in [5.41, 5.74) is 6.80. The van der Waals surface area contributed by atoms with E-state index in [1.807, 2.05) is 0 Å². The van der Waals surface area contributed by atoms with Gasteiger partial charge in [-0.2, -0.15) is 0 Å². The summed E-state index contributed by atoms with van der Waals surface area (Å²) in [4.78, 5) is 0. The van der Waals surface area contributed by atoms with E-state index < -0.39 is 0 Å². The summed E-state index contributed by atoms with van der Waals surface area (Å²) < 4.78 is 23.7. The first kappa shape index (κ1) is 11.8. The van der Waals surface area contributed by atoms with Gasteiger partial charge in [0.1, 0.15) is 5.82 Å². The van der Waals surface area contributed by atoms with E-state index in [1.165, 1.54) is 12.1 Å². The Morgan fingerprint density at radius 3 is 2.74 bits per heavy atom. The minimum atomic E-state index is -0.374. The van der Waals surface area contributed by atoms with Crippen LogP contribution in [-0.2, 0) is 0 Å². The molecule has 0 aliphatic carbocycles. The molecule has 0 atom stereocenters. The number of halogens is 2. The monoisotopic (exact) mass is 278 g/mol. The summed E-state index contributed by atoms with van der Waals surface area (Å²) in [6.45, 7) is 0. The standard InChI is InChI=1S/C13H8ClFN2O2/c14-10-5-4-9(18-10)12-11(13(16)17-19-12)7-2-1-3-8(15)6-7/h1-6H,(H2,16,17). The Morgan fingerprint density at radius 2 is 2.05 bits per heavy atom. The maximum Gasteiger partial charge on any atom is 0.212 e. The maximum atomic E-state index is 13.3. The first-order valence-electron chi connectivity index (χ1n) is 5.42. The molecule has 0 unspecified atom stereocenters. The normalized spacial score (nSPS) is 10.8. The molecular weight excluding hydrogens is 271 g/mol. The van der Waals surface area contributed by atoms with Crippen LogP contribution in [0.4, 0.5) is 10.2 Å². The van der Waals surface area contributed by atoms with E-state index in [1.54, 1.807) is 24.3 Å². The minimum Gasteiger partial charge on any atom is -0.441 e. The molecule has 2 aromatic heterocycles. The Kier molecular flexibility index (Phi) is 2.76. The van der Waals surface area contributed by atoms with Gasteiger partial charge in [-0.15, -0.1) is 0 Å². The van der Waals surface area contributed by atoms with Gasteiger partial charge in [-0.1, -0.05) is 17.3 Å². The molecule has 0 saturated carbocycles. The molecule has 0 radical (unpaired) electrons. The van der Waals surface area contributed by atoms with Gasteiger partial charge in [0.05, 0.1) is 5.56 Å². The van der Waals surface area contributed by atoms with Crippen LogP contribution >= 0.6 is 11.6 Å². The van der Waals surface area contributed by atoms with Crippen LogP contribution in [0.15, 0.2) is 45.3 Å². The van der Waals surface area contributed by atoms with Crippen LogP contribution in [0.5, 0.6) is 0 Å². The third-order valence-corrected chi connectivity index (χ3v) is 2.83. The molecule has 6 heteroatoms. The molecule has 0 spiro atoms. The van der Waals surface area contributed by atoms with Gasteiger partial charge in [0, 0.05) is 0 Å². The largest absolute Gasteiger partial charge is 0.441 e. The van der Waals surface area contributed by atoms with Crippen molar-refractivity contribution in [3.8, 4) is 22.6 Å². The number of nitrogen functional groups attached to an aromatic ring is 1. The van der Waals surface area contributed by atoms with Crippen LogP contribution in [0.3, 0.4) is 0 Å². The molecular formula is C13H8ClFN2O2. The molecule has 0 aliphatic rings. The van der Waals surface area contributed by atoms with Crippen LogP contribution in [0.1, 0.15) is 0 Å². The zero-order valence-corrected chi connectivity index (χ0v) is 10.3. The Hall–Kier alpha value is -2.27. The van der Waals surface area contributed by atoms with Crippen molar-refractivity contribution in [1.82, 2.24) is 5.16 Å². The smallest absolute Gasteiger partial charge is 0.212 e. The summed E-state index contributed by atoms with van der Waals surface area (Å²) in [6, 6.07) is 9.18. The van der Waals surface area contributed by atoms with Crippen LogP contribution in [0.2, 0.25) is 5.22 Å². The Morgan fingerprint density at radius 1 is 1.21 bits per heavy atom. The number of benzene rings is 1. The second kappa shape index (κ2) is 4.44. The number of hydrogen-bond acceptors (Lipinski definition) is 4. The van der Waals surface area contributed by atoms with Crippen LogP contribution in [0.25, 0.3) is 22.6 Å². The van der Waals surface area contributed by atoms with Crippen LogP contribution < -0.4 is 5.73 Å². The Labute approximate surface area is 112 Å². The lowest BCUT2D eigenvalue weighted by atomic mass is 10.0. The van der Waals surface area contributed by atoms with Gasteiger partial charge in [-0.25, -0.2) is 4.39 Å². The Bertz CT molecular complexity index is 736. The predicted molar refractivity (Wildman–Crippen MR) is 69.0 cm³/mol. The minimum absolute atomic E-state index is 0.160. The molecule has 3 aromatic rings. The summed E-state index contributed by atoms with van der Waals surface area (Å²) in [5.74, 6) is 0.484. The summed E-state index contributed by atoms with van der Waals surface area (Å²) in [7, 11) is 0. The van der Waals surface area contributed by atoms with Crippen molar-refractivity contribution in [2.75, 3.05) is 5.73 Å². The second-order valence-corrected chi connectivity index (χ2v) is 4.26. The van der Waals surface area contributed by atoms with Crippen molar-refractivity contribution in [2.24, 2.45) is 0 Å². The first-order valence-corrected chi connectivity index (χ1v) is 5.80. The molecule has 2 N–H and O–H groups in total. The zero-order valence-electron chi connectivity index (χ0n) is 9.56. The zero-order chi connectivity index (χ0) is 13.4. The van der Waals surface area contributed by atoms with Crippen molar-refractivity contribution < 1.29 is 13.3 Å². The maximum absolute atomic E-state index is 13.3. The fourth-order valence-corrected chi connectivity index (χ4v) is 1.98. The number of nitrogens with zero attached hydrogens (tertiary/aromatic N) is 1. The second-order valence-electron chi connectivity index (χ2n) is 3.89. The predicted octanol–water partition coefficient (Wildman–Crippen LogP) is 3.98. The molecule has 0 bridgehead atoms. The third kappa shape index (κ3) is 2.08. The molecule has 2 heterocycles. The molecule has 0 saturated heterocycles. The average molecular weight is 279 g/mol. The van der Waals surface area contributed by atoms with Crippen molar-refractivity contribution in [2.45, 2.75) is 0 Å². The summed E-state index contributed by atoms with van der Waals surface area (Å²) >= 11 is 5.72. The van der Waals surface area contributed by atoms with E-state index >= 15 is 0 Å². The topological polar surface area (TPSA) is 65.2 Å². The van der Waals surface area contributed by atoms with Gasteiger partial charge in [0.15, 0.2) is 16.8 Å². The quantitative estimate of drug-likeness (QED) is 0.770. The van der Waals surface area contributed by atoms with Gasteiger partial charge >= 0.3 is 0 Å². The van der Waals surface area contributed by atoms with E-state index in [9.17, 15) is 4.39 Å². The number of anilines is 1. The average Bonchev–Trinajstić information content (AvgIpc) is 2.95. The van der Waals surface area contributed by atoms with Crippen molar-refractivity contribution in [1.29, 1.82) is 0 Å². The molecule has 4 nitrogen and oxygen atoms in total. The van der Waals surface area contributed by atoms with Gasteiger partial charge in [0.25, 0.3) is 0 Å². The SMILES string of the molecule is Nc1noc(-c2ccc(Cl)o2)c1-c1cccc(F)c1. The third-order valence-electron chi connectivity index (χ3n) is 2.63. The van der Waals surface area contributed by atoms with Crippen molar-refractivity contribution in [3.63, 3.8) is 0 Å². The van der Waals surface area contributed by atoms with Gasteiger partial charge in [-0.05, 0) is 41.4 Å². The fraction of sp³-hybridized carbons (Fsp3) is 0. The van der Waals surface area contributed by atoms with E-state index in [4.69, 9.17) is 26.3 Å². The highest BCUT2D eigenvalue weighted by Crippen LogP contribution is 2.37. The highest BCUT2D eigenvalue weighted by Gasteiger charge is 2.20. The highest BCUT2D eigenvalue weighted by atomic mass is 35.5. The molecule has 3 rings (SSSR count). The summed E-state index contributed by atoms with van der Waals surface area (Å²) in [5, 5.41) is 3.90. The van der Waals surface area contributed by atoms with E-state index in [0.29, 0.717) is 22.6 Å². The lowest BCUT2D eigenvalue weighted by Crippen LogP contribution is -1.89. The lowest BCUT2D eigenvalue weighted by molar-refractivity contribution is 0.421. The Balaban J connectivity index is 2.19. The van der Waals surface area contributed by atoms with Crippen LogP contribution in [-0.4, -0.2) is 5.16 Å². The van der Waals surface area contributed by atoms with E-state index in [-0.39, 0.29) is 16.9 Å². The number of furan rings is 1. The van der Waals surface area contributed by atoms with Gasteiger partial charge < -0.3 is 14.7 Å². The highest BCUT2D eigenvalue weighted by molar-refractivity contribution is 6.29. The van der Waals surface area contributed by atoms with Crippen molar-refractivity contribution in [3.05, 3.63) is 47.4 Å². The molecule has 19 heavy (non-hydrogen) atoms. The van der Waals surface area contributed by atoms with E-state index in [0.717, 1.165) is 0 Å². The number of nitrogens with two attached hydrogens (primary N) is 1. The van der Waals surface area contributed by atoms with Gasteiger partial charge in [-0.3, -0.25) is 0 Å². The fourth-order valence-electron chi connectivity index (χ4n) is 1.83. The lowest BCUT2D eigenvalue weighted by Gasteiger charge is -2.00. The van der Waals surface area contributed by atoms with Gasteiger partial charge in [0.2, 0.25) is 5.76 Å². The molecule has 96 valence electrons. The first-order chi connectivity index (χ1) is 9.15. The molecule has 0 aliphatic heterocycles. The summed E-state index contributed by atoms with van der Waals surface area (Å²) in [6.07, 6.45) is 0. The number of aromatic nitrogens is 1. The molecule has 0 fully saturated rings. The molecule has 1 aromatic carbocycles. The number of rotatable bonds is 2.